The van der Waals surface area contributed by atoms with Crippen molar-refractivity contribution >= 4 is 17.7 Å². The molecule has 2 atom stereocenters. The molecule has 1 saturated heterocycles. The molecule has 0 aromatic rings. The minimum Gasteiger partial charge on any atom is -0.354 e. The van der Waals surface area contributed by atoms with E-state index in [2.05, 4.69) is 12.2 Å². The number of nitrogens with zero attached hydrogens (tertiary/aromatic N) is 1. The maximum Gasteiger partial charge on any atom is 0.321 e. The van der Waals surface area contributed by atoms with Gasteiger partial charge in [-0.1, -0.05) is 45.4 Å². The number of quaternary nitrogens is 1. The first-order valence-electron chi connectivity index (χ1n) is 11.5. The lowest BCUT2D eigenvalue weighted by molar-refractivity contribution is -0.866. The molecule has 0 bridgehead atoms. The van der Waals surface area contributed by atoms with Gasteiger partial charge in [0.15, 0.2) is 6.54 Å². The van der Waals surface area contributed by atoms with Crippen molar-refractivity contribution in [1.82, 2.24) is 10.8 Å². The first-order valence-corrected chi connectivity index (χ1v) is 11.5. The van der Waals surface area contributed by atoms with Gasteiger partial charge in [0.05, 0.1) is 18.0 Å². The van der Waals surface area contributed by atoms with Gasteiger partial charge in [0.1, 0.15) is 0 Å². The zero-order valence-corrected chi connectivity index (χ0v) is 18.3. The molecule has 3 N–H and O–H groups in total. The maximum absolute atomic E-state index is 14.0. The van der Waals surface area contributed by atoms with Crippen molar-refractivity contribution < 1.29 is 24.1 Å². The Morgan fingerprint density at radius 2 is 1.79 bits per heavy atom. The van der Waals surface area contributed by atoms with E-state index < -0.39 is 11.3 Å². The Kier molecular flexibility index (Phi) is 9.08. The first-order chi connectivity index (χ1) is 13.9. The third-order valence-electron chi connectivity index (χ3n) is 7.21. The van der Waals surface area contributed by atoms with E-state index in [1.165, 1.54) is 12.8 Å². The molecule has 7 nitrogen and oxygen atoms in total. The molecule has 0 radical (unpaired) electrons. The van der Waals surface area contributed by atoms with Crippen molar-refractivity contribution in [2.45, 2.75) is 96.4 Å². The maximum atomic E-state index is 14.0. The standard InChI is InChI=1S/C22H39N3O4/c1-3-4-5-6-10-13-22(16-19(26)24-29)14-15-25(21(22)28,17-20(27)23-2)18-11-8-7-9-12-18/h18H,3-17H2,1-2H3,(H2-,23,24,26,27,29)/p+1. The van der Waals surface area contributed by atoms with Crippen LogP contribution in [0.3, 0.4) is 0 Å². The summed E-state index contributed by atoms with van der Waals surface area (Å²) in [6.07, 6.45) is 12.0. The Bertz CT molecular complexity index is 576. The molecule has 29 heavy (non-hydrogen) atoms. The van der Waals surface area contributed by atoms with Gasteiger partial charge in [-0.05, 0) is 32.1 Å². The number of hydroxylamine groups is 1. The van der Waals surface area contributed by atoms with Crippen LogP contribution in [-0.4, -0.2) is 53.6 Å². The number of carbonyl (C=O) groups is 3. The highest BCUT2D eigenvalue weighted by atomic mass is 16.5. The van der Waals surface area contributed by atoms with Crippen LogP contribution in [0.1, 0.15) is 90.4 Å². The molecule has 2 aliphatic rings. The summed E-state index contributed by atoms with van der Waals surface area (Å²) in [5.74, 6) is -0.572. The van der Waals surface area contributed by atoms with Crippen molar-refractivity contribution in [3.05, 3.63) is 0 Å². The Morgan fingerprint density at radius 3 is 2.41 bits per heavy atom. The van der Waals surface area contributed by atoms with Crippen LogP contribution >= 0.6 is 0 Å². The van der Waals surface area contributed by atoms with E-state index in [-0.39, 0.29) is 35.3 Å². The highest BCUT2D eigenvalue weighted by Gasteiger charge is 2.61. The zero-order valence-electron chi connectivity index (χ0n) is 18.3. The molecule has 2 unspecified atom stereocenters. The molecule has 0 aromatic carbocycles. The van der Waals surface area contributed by atoms with Gasteiger partial charge in [0.2, 0.25) is 5.91 Å². The predicted octanol–water partition coefficient (Wildman–Crippen LogP) is 3.05. The number of hydrogen-bond donors (Lipinski definition) is 3. The molecule has 2 rings (SSSR count). The Morgan fingerprint density at radius 1 is 1.10 bits per heavy atom. The van der Waals surface area contributed by atoms with Crippen molar-refractivity contribution in [1.29, 1.82) is 0 Å². The first kappa shape index (κ1) is 23.8. The Hall–Kier alpha value is -1.47. The third kappa shape index (κ3) is 5.57. The average molecular weight is 411 g/mol. The van der Waals surface area contributed by atoms with E-state index in [1.54, 1.807) is 12.5 Å². The van der Waals surface area contributed by atoms with Gasteiger partial charge >= 0.3 is 5.91 Å². The van der Waals surface area contributed by atoms with Gasteiger partial charge in [0.25, 0.3) is 5.91 Å². The number of rotatable bonds is 11. The van der Waals surface area contributed by atoms with Crippen LogP contribution in [-0.2, 0) is 14.4 Å². The molecule has 2 fully saturated rings. The minimum atomic E-state index is -0.773. The monoisotopic (exact) mass is 410 g/mol. The van der Waals surface area contributed by atoms with E-state index in [9.17, 15) is 14.4 Å². The normalized spacial score (nSPS) is 27.8. The molecular formula is C22H40N3O4+. The van der Waals surface area contributed by atoms with Crippen molar-refractivity contribution in [2.24, 2.45) is 5.41 Å². The summed E-state index contributed by atoms with van der Waals surface area (Å²) in [5, 5.41) is 11.8. The van der Waals surface area contributed by atoms with Crippen LogP contribution in [0.4, 0.5) is 0 Å². The molecular weight excluding hydrogens is 370 g/mol. The number of hydrogen-bond acceptors (Lipinski definition) is 4. The van der Waals surface area contributed by atoms with Crippen LogP contribution in [0.25, 0.3) is 0 Å². The number of carbonyl (C=O) groups excluding carboxylic acids is 3. The lowest BCUT2D eigenvalue weighted by Crippen LogP contribution is -2.62. The molecule has 1 aliphatic carbocycles. The Labute approximate surface area is 175 Å². The van der Waals surface area contributed by atoms with Crippen LogP contribution in [0.2, 0.25) is 0 Å². The quantitative estimate of drug-likeness (QED) is 0.211. The molecule has 1 heterocycles. The second-order valence-electron chi connectivity index (χ2n) is 9.09. The van der Waals surface area contributed by atoms with Crippen LogP contribution in [0.15, 0.2) is 0 Å². The van der Waals surface area contributed by atoms with Gasteiger partial charge in [-0.15, -0.1) is 0 Å². The smallest absolute Gasteiger partial charge is 0.321 e. The summed E-state index contributed by atoms with van der Waals surface area (Å²) < 4.78 is 0.188. The second-order valence-corrected chi connectivity index (χ2v) is 9.09. The zero-order chi connectivity index (χ0) is 21.3. The minimum absolute atomic E-state index is 0.0105. The van der Waals surface area contributed by atoms with Gasteiger partial charge in [-0.25, -0.2) is 14.8 Å². The van der Waals surface area contributed by atoms with Gasteiger partial charge < -0.3 is 5.32 Å². The number of unbranched alkanes of at least 4 members (excludes halogenated alkanes) is 4. The summed E-state index contributed by atoms with van der Waals surface area (Å²) in [5.41, 5.74) is 0.956. The highest BCUT2D eigenvalue weighted by Crippen LogP contribution is 2.47. The molecule has 166 valence electrons. The lowest BCUT2D eigenvalue weighted by Gasteiger charge is -2.41. The van der Waals surface area contributed by atoms with E-state index in [1.807, 2.05) is 0 Å². The van der Waals surface area contributed by atoms with Crippen molar-refractivity contribution in [3.8, 4) is 0 Å². The average Bonchev–Trinajstić information content (AvgIpc) is 3.01. The molecule has 0 aromatic heterocycles. The van der Waals surface area contributed by atoms with Gasteiger partial charge in [0, 0.05) is 19.9 Å². The number of likely N-dealkylation sites (N-methyl/N-ethyl adjacent to an activating group) is 1. The fourth-order valence-electron chi connectivity index (χ4n) is 5.53. The van der Waals surface area contributed by atoms with Crippen LogP contribution < -0.4 is 10.8 Å². The van der Waals surface area contributed by atoms with Crippen LogP contribution in [0.5, 0.6) is 0 Å². The second kappa shape index (κ2) is 11.1. The third-order valence-corrected chi connectivity index (χ3v) is 7.21. The summed E-state index contributed by atoms with van der Waals surface area (Å²) >= 11 is 0. The highest BCUT2D eigenvalue weighted by molar-refractivity contribution is 5.88. The summed E-state index contributed by atoms with van der Waals surface area (Å²) in [7, 11) is 1.61. The largest absolute Gasteiger partial charge is 0.354 e. The molecule has 7 heteroatoms. The summed E-state index contributed by atoms with van der Waals surface area (Å²) in [6.45, 7) is 2.95. The number of likely N-dealkylation sites (tertiary alicyclic amines) is 1. The topological polar surface area (TPSA) is 95.5 Å². The fraction of sp³-hybridized carbons (Fsp3) is 0.864. The van der Waals surface area contributed by atoms with Gasteiger partial charge in [-0.3, -0.25) is 14.8 Å². The number of amides is 3. The predicted molar refractivity (Wildman–Crippen MR) is 111 cm³/mol. The molecule has 1 saturated carbocycles. The SMILES string of the molecule is CCCCCCCC1(CC(=O)NO)CC[N+](CC(=O)NC)(C2CCCCC2)C1=O. The Balaban J connectivity index is 2.27. The van der Waals surface area contributed by atoms with E-state index in [4.69, 9.17) is 5.21 Å². The molecule has 0 spiro atoms. The molecule has 3 amide bonds. The molecule has 1 aliphatic heterocycles. The van der Waals surface area contributed by atoms with E-state index in [0.717, 1.165) is 51.4 Å². The summed E-state index contributed by atoms with van der Waals surface area (Å²) in [6, 6.07) is 0.160. The number of nitrogens with one attached hydrogen (secondary N) is 2. The fourth-order valence-corrected chi connectivity index (χ4v) is 5.53. The van der Waals surface area contributed by atoms with Gasteiger partial charge in [-0.2, -0.15) is 0 Å². The summed E-state index contributed by atoms with van der Waals surface area (Å²) in [4.78, 5) is 38.5. The van der Waals surface area contributed by atoms with Crippen molar-refractivity contribution in [3.63, 3.8) is 0 Å². The lowest BCUT2D eigenvalue weighted by atomic mass is 9.77. The van der Waals surface area contributed by atoms with Crippen molar-refractivity contribution in [2.75, 3.05) is 20.1 Å². The van der Waals surface area contributed by atoms with E-state index in [0.29, 0.717) is 19.4 Å². The van der Waals surface area contributed by atoms with Crippen LogP contribution in [0, 0.1) is 5.41 Å². The van der Waals surface area contributed by atoms with E-state index >= 15 is 0 Å².